The smallest absolute Gasteiger partial charge is 0.337 e. The standard InChI is InChI=1S/C30H29N3O3/c1-19-24(20-7-10-23(36-3)11-8-20)5-4-6-25(19)21-9-12-26-22(15-21)18-33(2)29(26)17-32-28-16-31-14-13-27(28)30(34)35/h4-16,29,32H,17-18H2,1-3H3,(H,34,35)/t29-/m0/s1. The molecule has 36 heavy (non-hydrogen) atoms. The van der Waals surface area contributed by atoms with Crippen LogP contribution in [0.3, 0.4) is 0 Å². The molecular weight excluding hydrogens is 450 g/mol. The molecule has 0 unspecified atom stereocenters. The van der Waals surface area contributed by atoms with E-state index in [9.17, 15) is 9.90 Å². The SMILES string of the molecule is COc1ccc(-c2cccc(-c3ccc4c(c3)CN(C)[C@H]4CNc3cnccc3C(=O)O)c2C)cc1. The molecule has 1 atom stereocenters. The average Bonchev–Trinajstić information content (AvgIpc) is 3.21. The predicted molar refractivity (Wildman–Crippen MR) is 142 cm³/mol. The quantitative estimate of drug-likeness (QED) is 0.337. The number of likely N-dealkylation sites (N-methyl/N-ethyl adjacent to an activating group) is 1. The van der Waals surface area contributed by atoms with Crippen LogP contribution in [-0.2, 0) is 6.54 Å². The van der Waals surface area contributed by atoms with E-state index in [0.29, 0.717) is 12.2 Å². The molecular formula is C30H29N3O3. The third-order valence-corrected chi connectivity index (χ3v) is 7.04. The van der Waals surface area contributed by atoms with Gasteiger partial charge in [0.1, 0.15) is 5.75 Å². The molecule has 0 saturated carbocycles. The Morgan fingerprint density at radius 2 is 1.81 bits per heavy atom. The van der Waals surface area contributed by atoms with Crippen molar-refractivity contribution in [3.63, 3.8) is 0 Å². The van der Waals surface area contributed by atoms with Crippen molar-refractivity contribution in [1.82, 2.24) is 9.88 Å². The first-order valence-corrected chi connectivity index (χ1v) is 11.9. The van der Waals surface area contributed by atoms with E-state index in [4.69, 9.17) is 4.74 Å². The number of aromatic nitrogens is 1. The van der Waals surface area contributed by atoms with E-state index in [1.807, 2.05) is 12.1 Å². The lowest BCUT2D eigenvalue weighted by Gasteiger charge is -2.22. The van der Waals surface area contributed by atoms with Crippen LogP contribution in [0.1, 0.15) is 33.1 Å². The molecule has 4 aromatic rings. The molecule has 0 fully saturated rings. The van der Waals surface area contributed by atoms with Crippen molar-refractivity contribution in [2.75, 3.05) is 26.0 Å². The van der Waals surface area contributed by atoms with Crippen molar-refractivity contribution >= 4 is 11.7 Å². The van der Waals surface area contributed by atoms with Crippen molar-refractivity contribution in [3.05, 3.63) is 101 Å². The lowest BCUT2D eigenvalue weighted by atomic mass is 9.91. The molecule has 0 bridgehead atoms. The molecule has 0 aliphatic carbocycles. The number of hydrogen-bond acceptors (Lipinski definition) is 5. The van der Waals surface area contributed by atoms with Crippen molar-refractivity contribution < 1.29 is 14.6 Å². The molecule has 1 aromatic heterocycles. The number of carboxylic acid groups (broad SMARTS) is 1. The number of benzene rings is 3. The lowest BCUT2D eigenvalue weighted by molar-refractivity contribution is 0.0697. The van der Waals surface area contributed by atoms with E-state index in [-0.39, 0.29) is 11.6 Å². The maximum Gasteiger partial charge on any atom is 0.337 e. The minimum absolute atomic E-state index is 0.141. The van der Waals surface area contributed by atoms with E-state index in [1.165, 1.54) is 51.2 Å². The maximum absolute atomic E-state index is 11.5. The summed E-state index contributed by atoms with van der Waals surface area (Å²) in [6.45, 7) is 3.61. The Hall–Kier alpha value is -4.16. The van der Waals surface area contributed by atoms with Gasteiger partial charge in [0.25, 0.3) is 0 Å². The number of carboxylic acids is 1. The second kappa shape index (κ2) is 9.84. The summed E-state index contributed by atoms with van der Waals surface area (Å²) in [4.78, 5) is 17.9. The van der Waals surface area contributed by atoms with Crippen LogP contribution in [0.4, 0.5) is 5.69 Å². The van der Waals surface area contributed by atoms with Crippen molar-refractivity contribution in [1.29, 1.82) is 0 Å². The molecule has 6 nitrogen and oxygen atoms in total. The van der Waals surface area contributed by atoms with Crippen molar-refractivity contribution in [2.45, 2.75) is 19.5 Å². The Kier molecular flexibility index (Phi) is 6.44. The molecule has 2 N–H and O–H groups in total. The third-order valence-electron chi connectivity index (χ3n) is 7.04. The van der Waals surface area contributed by atoms with Crippen molar-refractivity contribution in [2.24, 2.45) is 0 Å². The zero-order valence-electron chi connectivity index (χ0n) is 20.7. The summed E-state index contributed by atoms with van der Waals surface area (Å²) < 4.78 is 5.31. The van der Waals surface area contributed by atoms with Gasteiger partial charge in [-0.3, -0.25) is 9.88 Å². The number of ether oxygens (including phenoxy) is 1. The first kappa shape index (κ1) is 23.6. The second-order valence-electron chi connectivity index (χ2n) is 9.16. The summed E-state index contributed by atoms with van der Waals surface area (Å²) in [5.41, 5.74) is 9.35. The highest BCUT2D eigenvalue weighted by atomic mass is 16.5. The Balaban J connectivity index is 1.41. The van der Waals surface area contributed by atoms with Crippen LogP contribution in [0.5, 0.6) is 5.75 Å². The molecule has 6 heteroatoms. The molecule has 0 amide bonds. The van der Waals surface area contributed by atoms with Gasteiger partial charge in [0, 0.05) is 19.3 Å². The minimum Gasteiger partial charge on any atom is -0.497 e. The van der Waals surface area contributed by atoms with Gasteiger partial charge in [-0.05, 0) is 77.2 Å². The van der Waals surface area contributed by atoms with Crippen LogP contribution in [0.25, 0.3) is 22.3 Å². The summed E-state index contributed by atoms with van der Waals surface area (Å²) in [6.07, 6.45) is 3.07. The number of methoxy groups -OCH3 is 1. The normalized spacial score (nSPS) is 14.9. The maximum atomic E-state index is 11.5. The van der Waals surface area contributed by atoms with Gasteiger partial charge in [0.2, 0.25) is 0 Å². The summed E-state index contributed by atoms with van der Waals surface area (Å²) >= 11 is 0. The van der Waals surface area contributed by atoms with Gasteiger partial charge in [-0.25, -0.2) is 4.79 Å². The third kappa shape index (κ3) is 4.43. The van der Waals surface area contributed by atoms with Crippen LogP contribution in [0.15, 0.2) is 79.1 Å². The van der Waals surface area contributed by atoms with Gasteiger partial charge >= 0.3 is 5.97 Å². The molecule has 0 saturated heterocycles. The molecule has 1 aliphatic rings. The van der Waals surface area contributed by atoms with Gasteiger partial charge in [-0.2, -0.15) is 0 Å². The monoisotopic (exact) mass is 479 g/mol. The minimum atomic E-state index is -0.961. The number of anilines is 1. The molecule has 0 radical (unpaired) electrons. The highest BCUT2D eigenvalue weighted by Gasteiger charge is 2.28. The molecule has 5 rings (SSSR count). The fourth-order valence-electron chi connectivity index (χ4n) is 5.08. The van der Waals surface area contributed by atoms with Gasteiger partial charge in [0.05, 0.1) is 30.6 Å². The zero-order chi connectivity index (χ0) is 25.2. The highest BCUT2D eigenvalue weighted by Crippen LogP contribution is 2.38. The van der Waals surface area contributed by atoms with Crippen LogP contribution in [-0.4, -0.2) is 41.7 Å². The number of aromatic carboxylic acids is 1. The predicted octanol–water partition coefficient (Wildman–Crippen LogP) is 6.03. The van der Waals surface area contributed by atoms with E-state index in [1.54, 1.807) is 13.3 Å². The molecule has 0 spiro atoms. The Labute approximate surface area is 211 Å². The van der Waals surface area contributed by atoms with Crippen LogP contribution in [0, 0.1) is 6.92 Å². The molecule has 1 aliphatic heterocycles. The lowest BCUT2D eigenvalue weighted by Crippen LogP contribution is -2.24. The average molecular weight is 480 g/mol. The zero-order valence-corrected chi connectivity index (χ0v) is 20.7. The Bertz CT molecular complexity index is 1420. The van der Waals surface area contributed by atoms with E-state index < -0.39 is 5.97 Å². The largest absolute Gasteiger partial charge is 0.497 e. The summed E-state index contributed by atoms with van der Waals surface area (Å²) in [5, 5.41) is 12.8. The number of fused-ring (bicyclic) bond motifs is 1. The highest BCUT2D eigenvalue weighted by molar-refractivity contribution is 5.93. The Morgan fingerprint density at radius 1 is 1.08 bits per heavy atom. The number of pyridine rings is 1. The first-order valence-electron chi connectivity index (χ1n) is 11.9. The van der Waals surface area contributed by atoms with Gasteiger partial charge in [-0.1, -0.05) is 42.5 Å². The molecule has 2 heterocycles. The van der Waals surface area contributed by atoms with Gasteiger partial charge < -0.3 is 15.2 Å². The summed E-state index contributed by atoms with van der Waals surface area (Å²) in [6, 6.07) is 23.0. The summed E-state index contributed by atoms with van der Waals surface area (Å²) in [7, 11) is 3.78. The molecule has 182 valence electrons. The van der Waals surface area contributed by atoms with E-state index in [2.05, 4.69) is 77.7 Å². The van der Waals surface area contributed by atoms with E-state index >= 15 is 0 Å². The van der Waals surface area contributed by atoms with Crippen LogP contribution < -0.4 is 10.1 Å². The number of carbonyl (C=O) groups is 1. The van der Waals surface area contributed by atoms with Crippen LogP contribution >= 0.6 is 0 Å². The fraction of sp³-hybridized carbons (Fsp3) is 0.200. The Morgan fingerprint density at radius 3 is 2.53 bits per heavy atom. The van der Waals surface area contributed by atoms with Crippen molar-refractivity contribution in [3.8, 4) is 28.0 Å². The van der Waals surface area contributed by atoms with Gasteiger partial charge in [0.15, 0.2) is 0 Å². The van der Waals surface area contributed by atoms with E-state index in [0.717, 1.165) is 12.3 Å². The second-order valence-corrected chi connectivity index (χ2v) is 9.16. The number of hydrogen-bond donors (Lipinski definition) is 2. The van der Waals surface area contributed by atoms with Gasteiger partial charge in [-0.15, -0.1) is 0 Å². The first-order chi connectivity index (χ1) is 17.5. The number of nitrogens with zero attached hydrogens (tertiary/aromatic N) is 2. The van der Waals surface area contributed by atoms with Crippen LogP contribution in [0.2, 0.25) is 0 Å². The fourth-order valence-corrected chi connectivity index (χ4v) is 5.08. The molecule has 3 aromatic carbocycles. The number of rotatable bonds is 7. The number of nitrogens with one attached hydrogen (secondary N) is 1. The topological polar surface area (TPSA) is 74.7 Å². The summed E-state index contributed by atoms with van der Waals surface area (Å²) in [5.74, 6) is -0.112.